The summed E-state index contributed by atoms with van der Waals surface area (Å²) < 4.78 is 0. The van der Waals surface area contributed by atoms with Gasteiger partial charge in [0.15, 0.2) is 0 Å². The number of nitrogens with one attached hydrogen (secondary N) is 1. The summed E-state index contributed by atoms with van der Waals surface area (Å²) in [5.41, 5.74) is 7.11. The van der Waals surface area contributed by atoms with Crippen LogP contribution in [0.5, 0.6) is 0 Å². The number of hydrogen-bond donors (Lipinski definition) is 2. The third-order valence-electron chi connectivity index (χ3n) is 4.27. The highest BCUT2D eigenvalue weighted by Crippen LogP contribution is 2.31. The van der Waals surface area contributed by atoms with Crippen LogP contribution in [0.2, 0.25) is 0 Å². The standard InChI is InChI=1S/C18H14N4O2S/c1-10(11-2-4-12(5-3-11)16-8-25-9-19-16)13-6-14(18(23)24)21-15-7-20-22-17(13)15/h2-10H,1H3,(H,20,22)(H,23,24). The van der Waals surface area contributed by atoms with Crippen molar-refractivity contribution >= 4 is 28.3 Å². The lowest BCUT2D eigenvalue weighted by molar-refractivity contribution is 0.0691. The summed E-state index contributed by atoms with van der Waals surface area (Å²) in [4.78, 5) is 19.8. The van der Waals surface area contributed by atoms with Gasteiger partial charge in [0.25, 0.3) is 0 Å². The van der Waals surface area contributed by atoms with Gasteiger partial charge in [-0.05, 0) is 17.2 Å². The van der Waals surface area contributed by atoms with E-state index in [0.29, 0.717) is 5.52 Å². The Morgan fingerprint density at radius 2 is 2.08 bits per heavy atom. The molecule has 0 aliphatic carbocycles. The Morgan fingerprint density at radius 3 is 2.76 bits per heavy atom. The molecular weight excluding hydrogens is 336 g/mol. The summed E-state index contributed by atoms with van der Waals surface area (Å²) in [6.07, 6.45) is 1.54. The second-order valence-electron chi connectivity index (χ2n) is 5.75. The minimum Gasteiger partial charge on any atom is -0.477 e. The van der Waals surface area contributed by atoms with Crippen LogP contribution in [0.4, 0.5) is 0 Å². The van der Waals surface area contributed by atoms with Gasteiger partial charge in [-0.2, -0.15) is 5.10 Å². The van der Waals surface area contributed by atoms with Gasteiger partial charge in [-0.25, -0.2) is 14.8 Å². The number of aromatic carboxylic acids is 1. The fraction of sp³-hybridized carbons (Fsp3) is 0.111. The third kappa shape index (κ3) is 2.78. The van der Waals surface area contributed by atoms with E-state index in [0.717, 1.165) is 27.9 Å². The molecule has 7 heteroatoms. The van der Waals surface area contributed by atoms with Crippen LogP contribution >= 0.6 is 11.3 Å². The maximum atomic E-state index is 11.4. The lowest BCUT2D eigenvalue weighted by Gasteiger charge is -2.14. The Labute approximate surface area is 147 Å². The van der Waals surface area contributed by atoms with Crippen molar-refractivity contribution in [3.63, 3.8) is 0 Å². The topological polar surface area (TPSA) is 91.8 Å². The highest BCUT2D eigenvalue weighted by molar-refractivity contribution is 7.07. The number of aromatic nitrogens is 4. The molecule has 6 nitrogen and oxygen atoms in total. The zero-order chi connectivity index (χ0) is 17.4. The molecule has 0 saturated carbocycles. The molecule has 0 aliphatic heterocycles. The second-order valence-corrected chi connectivity index (χ2v) is 6.47. The number of H-pyrrole nitrogens is 1. The summed E-state index contributed by atoms with van der Waals surface area (Å²) in [6, 6.07) is 9.77. The van der Waals surface area contributed by atoms with Gasteiger partial charge >= 0.3 is 5.97 Å². The minimum absolute atomic E-state index is 0.00599. The van der Waals surface area contributed by atoms with Crippen molar-refractivity contribution in [2.75, 3.05) is 0 Å². The van der Waals surface area contributed by atoms with Gasteiger partial charge in [-0.3, -0.25) is 5.10 Å². The van der Waals surface area contributed by atoms with E-state index in [2.05, 4.69) is 20.2 Å². The van der Waals surface area contributed by atoms with E-state index >= 15 is 0 Å². The van der Waals surface area contributed by atoms with Crippen molar-refractivity contribution in [3.8, 4) is 11.3 Å². The molecule has 0 saturated heterocycles. The van der Waals surface area contributed by atoms with Crippen molar-refractivity contribution in [2.24, 2.45) is 0 Å². The zero-order valence-corrected chi connectivity index (χ0v) is 14.1. The number of carbonyl (C=O) groups is 1. The van der Waals surface area contributed by atoms with Crippen LogP contribution in [0, 0.1) is 0 Å². The summed E-state index contributed by atoms with van der Waals surface area (Å²) in [7, 11) is 0. The van der Waals surface area contributed by atoms with Crippen LogP contribution in [0.3, 0.4) is 0 Å². The second kappa shape index (κ2) is 6.10. The summed E-state index contributed by atoms with van der Waals surface area (Å²) in [5.74, 6) is -1.05. The number of pyridine rings is 1. The predicted octanol–water partition coefficient (Wildman–Crippen LogP) is 3.93. The molecular formula is C18H14N4O2S. The molecule has 0 aliphatic rings. The van der Waals surface area contributed by atoms with Gasteiger partial charge in [0.2, 0.25) is 0 Å². The summed E-state index contributed by atoms with van der Waals surface area (Å²) in [5, 5.41) is 18.2. The molecule has 25 heavy (non-hydrogen) atoms. The number of rotatable bonds is 4. The molecule has 1 aromatic carbocycles. The average Bonchev–Trinajstić information content (AvgIpc) is 3.31. The molecule has 3 heterocycles. The van der Waals surface area contributed by atoms with Gasteiger partial charge in [0, 0.05) is 16.9 Å². The van der Waals surface area contributed by atoms with E-state index in [-0.39, 0.29) is 11.6 Å². The summed E-state index contributed by atoms with van der Waals surface area (Å²) in [6.45, 7) is 2.04. The maximum Gasteiger partial charge on any atom is 0.354 e. The van der Waals surface area contributed by atoms with Gasteiger partial charge in [0.1, 0.15) is 11.2 Å². The lowest BCUT2D eigenvalue weighted by Crippen LogP contribution is -2.05. The number of thiazole rings is 1. The van der Waals surface area contributed by atoms with Crippen molar-refractivity contribution in [3.05, 3.63) is 64.2 Å². The van der Waals surface area contributed by atoms with Crippen LogP contribution in [-0.4, -0.2) is 31.2 Å². The predicted molar refractivity (Wildman–Crippen MR) is 95.9 cm³/mol. The highest BCUT2D eigenvalue weighted by Gasteiger charge is 2.18. The number of aromatic amines is 1. The van der Waals surface area contributed by atoms with Crippen molar-refractivity contribution < 1.29 is 9.90 Å². The number of hydrogen-bond acceptors (Lipinski definition) is 5. The van der Waals surface area contributed by atoms with E-state index in [1.54, 1.807) is 23.6 Å². The van der Waals surface area contributed by atoms with Gasteiger partial charge < -0.3 is 5.11 Å². The molecule has 1 atom stereocenters. The van der Waals surface area contributed by atoms with E-state index in [1.165, 1.54) is 0 Å². The molecule has 4 aromatic rings. The Morgan fingerprint density at radius 1 is 1.28 bits per heavy atom. The van der Waals surface area contributed by atoms with Gasteiger partial charge in [0.05, 0.1) is 22.9 Å². The van der Waals surface area contributed by atoms with Gasteiger partial charge in [-0.15, -0.1) is 11.3 Å². The molecule has 3 aromatic heterocycles. The number of benzene rings is 1. The number of nitrogens with zero attached hydrogens (tertiary/aromatic N) is 3. The SMILES string of the molecule is CC(c1ccc(-c2cscn2)cc1)c1cc(C(=O)O)nc2cn[nH]c12. The molecule has 0 bridgehead atoms. The number of carboxylic acids is 1. The fourth-order valence-corrected chi connectivity index (χ4v) is 3.45. The molecule has 2 N–H and O–H groups in total. The molecule has 1 unspecified atom stereocenters. The Hall–Kier alpha value is -3.06. The Bertz CT molecular complexity index is 1040. The first kappa shape index (κ1) is 15.5. The van der Waals surface area contributed by atoms with Crippen LogP contribution in [-0.2, 0) is 0 Å². The van der Waals surface area contributed by atoms with Crippen LogP contribution in [0.25, 0.3) is 22.3 Å². The Balaban J connectivity index is 1.75. The molecule has 0 fully saturated rings. The number of fused-ring (bicyclic) bond motifs is 1. The van der Waals surface area contributed by atoms with Gasteiger partial charge in [-0.1, -0.05) is 31.2 Å². The minimum atomic E-state index is -1.05. The molecule has 0 radical (unpaired) electrons. The first-order valence-electron chi connectivity index (χ1n) is 7.69. The molecule has 124 valence electrons. The molecule has 0 amide bonds. The van der Waals surface area contributed by atoms with E-state index in [1.807, 2.05) is 42.1 Å². The van der Waals surface area contributed by atoms with Crippen molar-refractivity contribution in [1.29, 1.82) is 0 Å². The smallest absolute Gasteiger partial charge is 0.354 e. The highest BCUT2D eigenvalue weighted by atomic mass is 32.1. The van der Waals surface area contributed by atoms with E-state index < -0.39 is 5.97 Å². The fourth-order valence-electron chi connectivity index (χ4n) is 2.89. The quantitative estimate of drug-likeness (QED) is 0.582. The van der Waals surface area contributed by atoms with Crippen LogP contribution < -0.4 is 0 Å². The van der Waals surface area contributed by atoms with E-state index in [9.17, 15) is 9.90 Å². The largest absolute Gasteiger partial charge is 0.477 e. The first-order chi connectivity index (χ1) is 12.1. The molecule has 0 spiro atoms. The molecule has 4 rings (SSSR count). The normalized spacial score (nSPS) is 12.4. The Kier molecular flexibility index (Phi) is 3.77. The number of carboxylic acid groups (broad SMARTS) is 1. The maximum absolute atomic E-state index is 11.4. The van der Waals surface area contributed by atoms with Crippen LogP contribution in [0.1, 0.15) is 34.5 Å². The van der Waals surface area contributed by atoms with E-state index in [4.69, 9.17) is 0 Å². The van der Waals surface area contributed by atoms with Crippen LogP contribution in [0.15, 0.2) is 47.4 Å². The zero-order valence-electron chi connectivity index (χ0n) is 13.3. The van der Waals surface area contributed by atoms with Crippen molar-refractivity contribution in [1.82, 2.24) is 20.2 Å². The first-order valence-corrected chi connectivity index (χ1v) is 8.63. The monoisotopic (exact) mass is 350 g/mol. The average molecular weight is 350 g/mol. The lowest BCUT2D eigenvalue weighted by atomic mass is 9.91. The van der Waals surface area contributed by atoms with Crippen molar-refractivity contribution in [2.45, 2.75) is 12.8 Å². The summed E-state index contributed by atoms with van der Waals surface area (Å²) >= 11 is 1.56. The third-order valence-corrected chi connectivity index (χ3v) is 4.85.